The van der Waals surface area contributed by atoms with Crippen molar-refractivity contribution in [2.24, 2.45) is 0 Å². The normalized spacial score (nSPS) is 13.8. The molecule has 0 saturated carbocycles. The van der Waals surface area contributed by atoms with Gasteiger partial charge in [-0.25, -0.2) is 9.59 Å². The SMILES string of the molecule is COC(=O)[C@@](NC(=O)OC(C)C)(Nc1ccc(C)cc1)C(F)(F)F. The smallest absolute Gasteiger partial charge is 0.442 e. The molecule has 0 fully saturated rings. The molecule has 134 valence electrons. The van der Waals surface area contributed by atoms with Crippen molar-refractivity contribution in [2.45, 2.75) is 38.7 Å². The zero-order valence-corrected chi connectivity index (χ0v) is 13.7. The molecule has 0 spiro atoms. The fourth-order valence-electron chi connectivity index (χ4n) is 1.79. The van der Waals surface area contributed by atoms with Gasteiger partial charge in [0.15, 0.2) is 0 Å². The van der Waals surface area contributed by atoms with E-state index in [0.29, 0.717) is 0 Å². The molecule has 9 heteroatoms. The predicted molar refractivity (Wildman–Crippen MR) is 80.4 cm³/mol. The molecule has 0 unspecified atom stereocenters. The van der Waals surface area contributed by atoms with Crippen molar-refractivity contribution in [3.05, 3.63) is 29.8 Å². The van der Waals surface area contributed by atoms with Crippen LogP contribution in [0.4, 0.5) is 23.7 Å². The first-order valence-electron chi connectivity index (χ1n) is 7.00. The van der Waals surface area contributed by atoms with Crippen LogP contribution < -0.4 is 10.6 Å². The Morgan fingerprint density at radius 3 is 2.08 bits per heavy atom. The van der Waals surface area contributed by atoms with Gasteiger partial charge < -0.3 is 14.8 Å². The van der Waals surface area contributed by atoms with Gasteiger partial charge in [-0.1, -0.05) is 17.7 Å². The summed E-state index contributed by atoms with van der Waals surface area (Å²) in [5.74, 6) is -1.73. The Bertz CT molecular complexity index is 587. The summed E-state index contributed by atoms with van der Waals surface area (Å²) < 4.78 is 49.8. The molecule has 6 nitrogen and oxygen atoms in total. The number of esters is 1. The van der Waals surface area contributed by atoms with E-state index >= 15 is 0 Å². The van der Waals surface area contributed by atoms with Gasteiger partial charge in [-0.2, -0.15) is 13.2 Å². The van der Waals surface area contributed by atoms with E-state index in [2.05, 4.69) is 9.47 Å². The fraction of sp³-hybridized carbons (Fsp3) is 0.467. The molecule has 0 aliphatic rings. The molecule has 1 rings (SSSR count). The van der Waals surface area contributed by atoms with E-state index in [4.69, 9.17) is 0 Å². The van der Waals surface area contributed by atoms with E-state index in [0.717, 1.165) is 12.7 Å². The minimum absolute atomic E-state index is 0.0341. The number of amides is 1. The lowest BCUT2D eigenvalue weighted by Crippen LogP contribution is -2.69. The van der Waals surface area contributed by atoms with Crippen LogP contribution in [0.2, 0.25) is 0 Å². The molecule has 0 bridgehead atoms. The van der Waals surface area contributed by atoms with Crippen LogP contribution >= 0.6 is 0 Å². The van der Waals surface area contributed by atoms with Crippen LogP contribution in [0.25, 0.3) is 0 Å². The fourth-order valence-corrected chi connectivity index (χ4v) is 1.79. The van der Waals surface area contributed by atoms with Crippen LogP contribution in [0.3, 0.4) is 0 Å². The number of nitrogens with one attached hydrogen (secondary N) is 2. The molecular weight excluding hydrogens is 329 g/mol. The quantitative estimate of drug-likeness (QED) is 0.632. The molecule has 1 atom stereocenters. The Morgan fingerprint density at radius 1 is 1.12 bits per heavy atom. The first kappa shape index (κ1) is 19.6. The van der Waals surface area contributed by atoms with Crippen molar-refractivity contribution in [3.8, 4) is 0 Å². The molecule has 2 N–H and O–H groups in total. The number of methoxy groups -OCH3 is 1. The van der Waals surface area contributed by atoms with Gasteiger partial charge in [-0.15, -0.1) is 0 Å². The van der Waals surface area contributed by atoms with Gasteiger partial charge in [-0.05, 0) is 32.9 Å². The molecule has 24 heavy (non-hydrogen) atoms. The topological polar surface area (TPSA) is 76.7 Å². The molecule has 0 heterocycles. The number of benzene rings is 1. The highest BCUT2D eigenvalue weighted by atomic mass is 19.4. The summed E-state index contributed by atoms with van der Waals surface area (Å²) in [6.45, 7) is 4.67. The maximum absolute atomic E-state index is 13.6. The van der Waals surface area contributed by atoms with Crippen molar-refractivity contribution in [1.82, 2.24) is 5.32 Å². The highest BCUT2D eigenvalue weighted by molar-refractivity contribution is 5.89. The Hall–Kier alpha value is -2.45. The Labute approximate surface area is 137 Å². The second kappa shape index (κ2) is 7.41. The van der Waals surface area contributed by atoms with Crippen molar-refractivity contribution in [3.63, 3.8) is 0 Å². The summed E-state index contributed by atoms with van der Waals surface area (Å²) in [6, 6.07) is 5.78. The Morgan fingerprint density at radius 2 is 1.67 bits per heavy atom. The van der Waals surface area contributed by atoms with Gasteiger partial charge in [-0.3, -0.25) is 5.32 Å². The van der Waals surface area contributed by atoms with Crippen LogP contribution in [-0.4, -0.2) is 37.1 Å². The highest BCUT2D eigenvalue weighted by Gasteiger charge is 2.64. The number of aryl methyl sites for hydroxylation is 1. The van der Waals surface area contributed by atoms with E-state index in [1.807, 2.05) is 5.32 Å². The molecule has 0 saturated heterocycles. The molecule has 1 aromatic rings. The molecule has 0 aliphatic heterocycles. The molecule has 0 aliphatic carbocycles. The first-order valence-corrected chi connectivity index (χ1v) is 7.00. The van der Waals surface area contributed by atoms with E-state index in [1.165, 1.54) is 26.0 Å². The van der Waals surface area contributed by atoms with Gasteiger partial charge in [0.05, 0.1) is 13.2 Å². The van der Waals surface area contributed by atoms with Crippen LogP contribution in [0.5, 0.6) is 0 Å². The third-order valence-electron chi connectivity index (χ3n) is 2.93. The summed E-state index contributed by atoms with van der Waals surface area (Å²) in [5.41, 5.74) is -2.71. The summed E-state index contributed by atoms with van der Waals surface area (Å²) in [5, 5.41) is 3.55. The number of halogens is 3. The number of ether oxygens (including phenoxy) is 2. The summed E-state index contributed by atoms with van der Waals surface area (Å²) >= 11 is 0. The number of carbonyl (C=O) groups is 2. The zero-order chi connectivity index (χ0) is 18.5. The van der Waals surface area contributed by atoms with E-state index in [1.54, 1.807) is 24.4 Å². The van der Waals surface area contributed by atoms with Crippen molar-refractivity contribution in [1.29, 1.82) is 0 Å². The van der Waals surface area contributed by atoms with Crippen LogP contribution in [-0.2, 0) is 14.3 Å². The molecule has 1 aromatic carbocycles. The number of alkyl halides is 3. The molecule has 1 amide bonds. The average Bonchev–Trinajstić information content (AvgIpc) is 2.45. The third kappa shape index (κ3) is 4.53. The van der Waals surface area contributed by atoms with Crippen LogP contribution in [0.1, 0.15) is 19.4 Å². The number of rotatable bonds is 5. The second-order valence-corrected chi connectivity index (χ2v) is 5.31. The first-order chi connectivity index (χ1) is 11.0. The van der Waals surface area contributed by atoms with Gasteiger partial charge in [0.25, 0.3) is 0 Å². The van der Waals surface area contributed by atoms with Crippen molar-refractivity contribution < 1.29 is 32.2 Å². The van der Waals surface area contributed by atoms with Gasteiger partial charge in [0.2, 0.25) is 0 Å². The number of hydrogen-bond donors (Lipinski definition) is 2. The summed E-state index contributed by atoms with van der Waals surface area (Å²) in [4.78, 5) is 23.6. The third-order valence-corrected chi connectivity index (χ3v) is 2.93. The lowest BCUT2D eigenvalue weighted by Gasteiger charge is -2.34. The standard InChI is InChI=1S/C15H19F3N2O4/c1-9(2)24-13(22)20-14(12(21)23-4,15(16,17)18)19-11-7-5-10(3)6-8-11/h5-9,19H,1-4H3,(H,20,22)/t14-/m0/s1. The summed E-state index contributed by atoms with van der Waals surface area (Å²) in [7, 11) is 0.787. The second-order valence-electron chi connectivity index (χ2n) is 5.31. The minimum Gasteiger partial charge on any atom is -0.466 e. The number of carbonyl (C=O) groups excluding carboxylic acids is 2. The minimum atomic E-state index is -5.19. The number of anilines is 1. The molecule has 0 aromatic heterocycles. The van der Waals surface area contributed by atoms with Crippen molar-refractivity contribution in [2.75, 3.05) is 12.4 Å². The van der Waals surface area contributed by atoms with Crippen LogP contribution in [0.15, 0.2) is 24.3 Å². The molecular formula is C15H19F3N2O4. The van der Waals surface area contributed by atoms with Gasteiger partial charge in [0.1, 0.15) is 0 Å². The Kier molecular flexibility index (Phi) is 6.05. The lowest BCUT2D eigenvalue weighted by atomic mass is 10.1. The number of hydrogen-bond acceptors (Lipinski definition) is 5. The highest BCUT2D eigenvalue weighted by Crippen LogP contribution is 2.33. The van der Waals surface area contributed by atoms with E-state index in [9.17, 15) is 22.8 Å². The predicted octanol–water partition coefficient (Wildman–Crippen LogP) is 2.97. The monoisotopic (exact) mass is 348 g/mol. The Balaban J connectivity index is 3.28. The largest absolute Gasteiger partial charge is 0.466 e. The van der Waals surface area contributed by atoms with E-state index < -0.39 is 30.0 Å². The van der Waals surface area contributed by atoms with Gasteiger partial charge in [0, 0.05) is 5.69 Å². The van der Waals surface area contributed by atoms with Crippen molar-refractivity contribution >= 4 is 17.7 Å². The van der Waals surface area contributed by atoms with Gasteiger partial charge >= 0.3 is 23.9 Å². The zero-order valence-electron chi connectivity index (χ0n) is 13.7. The number of alkyl carbamates (subject to hydrolysis) is 1. The van der Waals surface area contributed by atoms with Crippen LogP contribution in [0, 0.1) is 6.92 Å². The lowest BCUT2D eigenvalue weighted by molar-refractivity contribution is -0.204. The average molecular weight is 348 g/mol. The molecule has 0 radical (unpaired) electrons. The summed E-state index contributed by atoms with van der Waals surface area (Å²) in [6.07, 6.45) is -7.28. The van der Waals surface area contributed by atoms with E-state index in [-0.39, 0.29) is 5.69 Å². The maximum atomic E-state index is 13.6. The maximum Gasteiger partial charge on any atom is 0.442 e.